The van der Waals surface area contributed by atoms with Crippen LogP contribution in [0.2, 0.25) is 0 Å². The highest BCUT2D eigenvalue weighted by Gasteiger charge is 2.39. The van der Waals surface area contributed by atoms with Crippen LogP contribution in [0.4, 0.5) is 0 Å². The molecule has 18 heavy (non-hydrogen) atoms. The van der Waals surface area contributed by atoms with E-state index >= 15 is 0 Å². The summed E-state index contributed by atoms with van der Waals surface area (Å²) in [5.74, 6) is 0.977. The fourth-order valence-corrected chi connectivity index (χ4v) is 2.82. The molecule has 1 aromatic carbocycles. The van der Waals surface area contributed by atoms with Gasteiger partial charge in [0, 0.05) is 12.1 Å². The maximum Gasteiger partial charge on any atom is 0.251 e. The van der Waals surface area contributed by atoms with Gasteiger partial charge >= 0.3 is 0 Å². The SMILES string of the molecule is CC1CC1C(O)c1ccc2c(c1)C(=O)NCCC2. The summed E-state index contributed by atoms with van der Waals surface area (Å²) < 4.78 is 0. The lowest BCUT2D eigenvalue weighted by atomic mass is 9.96. The molecule has 1 amide bonds. The van der Waals surface area contributed by atoms with Crippen LogP contribution in [0.1, 0.15) is 47.4 Å². The fraction of sp³-hybridized carbons (Fsp3) is 0.533. The molecule has 2 aliphatic rings. The van der Waals surface area contributed by atoms with Crippen LogP contribution in [0.15, 0.2) is 18.2 Å². The number of benzene rings is 1. The van der Waals surface area contributed by atoms with E-state index in [0.29, 0.717) is 11.8 Å². The van der Waals surface area contributed by atoms with E-state index in [1.807, 2.05) is 18.2 Å². The quantitative estimate of drug-likeness (QED) is 0.838. The summed E-state index contributed by atoms with van der Waals surface area (Å²) in [6.07, 6.45) is 2.59. The van der Waals surface area contributed by atoms with Crippen LogP contribution in [0.25, 0.3) is 0 Å². The normalized spacial score (nSPS) is 28.0. The number of hydrogen-bond donors (Lipinski definition) is 2. The summed E-state index contributed by atoms with van der Waals surface area (Å²) in [6.45, 7) is 2.90. The zero-order chi connectivity index (χ0) is 12.7. The number of aliphatic hydroxyl groups excluding tert-OH is 1. The smallest absolute Gasteiger partial charge is 0.251 e. The van der Waals surface area contributed by atoms with Gasteiger partial charge in [-0.25, -0.2) is 0 Å². The third-order valence-corrected chi connectivity index (χ3v) is 4.21. The first-order valence-electron chi connectivity index (χ1n) is 6.76. The Hall–Kier alpha value is -1.35. The number of carbonyl (C=O) groups excluding carboxylic acids is 1. The molecule has 1 aliphatic heterocycles. The summed E-state index contributed by atoms with van der Waals surface area (Å²) in [4.78, 5) is 11.9. The van der Waals surface area contributed by atoms with Gasteiger partial charge in [-0.05, 0) is 48.3 Å². The third kappa shape index (κ3) is 2.03. The van der Waals surface area contributed by atoms with E-state index in [1.54, 1.807) is 0 Å². The molecule has 3 nitrogen and oxygen atoms in total. The molecule has 0 radical (unpaired) electrons. The van der Waals surface area contributed by atoms with Crippen molar-refractivity contribution in [3.63, 3.8) is 0 Å². The van der Waals surface area contributed by atoms with Gasteiger partial charge in [-0.15, -0.1) is 0 Å². The van der Waals surface area contributed by atoms with Gasteiger partial charge in [0.15, 0.2) is 0 Å². The molecular weight excluding hydrogens is 226 g/mol. The number of nitrogens with one attached hydrogen (secondary N) is 1. The minimum atomic E-state index is -0.415. The van der Waals surface area contributed by atoms with Crippen molar-refractivity contribution in [2.45, 2.75) is 32.3 Å². The van der Waals surface area contributed by atoms with Crippen molar-refractivity contribution in [3.8, 4) is 0 Å². The van der Waals surface area contributed by atoms with Gasteiger partial charge in [0.1, 0.15) is 0 Å². The summed E-state index contributed by atoms with van der Waals surface area (Å²) >= 11 is 0. The Balaban J connectivity index is 1.91. The highest BCUT2D eigenvalue weighted by molar-refractivity contribution is 5.96. The summed E-state index contributed by atoms with van der Waals surface area (Å²) in [5, 5.41) is 13.2. The molecule has 0 saturated heterocycles. The maximum atomic E-state index is 11.9. The van der Waals surface area contributed by atoms with Crippen molar-refractivity contribution in [3.05, 3.63) is 34.9 Å². The van der Waals surface area contributed by atoms with E-state index in [1.165, 1.54) is 0 Å². The molecule has 3 unspecified atom stereocenters. The minimum absolute atomic E-state index is 0.000366. The van der Waals surface area contributed by atoms with Crippen molar-refractivity contribution < 1.29 is 9.90 Å². The van der Waals surface area contributed by atoms with E-state index in [0.717, 1.165) is 42.5 Å². The van der Waals surface area contributed by atoms with E-state index in [9.17, 15) is 9.90 Å². The Kier molecular flexibility index (Phi) is 2.86. The van der Waals surface area contributed by atoms with Gasteiger partial charge in [-0.2, -0.15) is 0 Å². The molecule has 1 heterocycles. The Bertz CT molecular complexity index is 483. The molecule has 1 saturated carbocycles. The topological polar surface area (TPSA) is 49.3 Å². The molecule has 3 heteroatoms. The molecule has 1 aromatic rings. The summed E-state index contributed by atoms with van der Waals surface area (Å²) in [6, 6.07) is 5.87. The van der Waals surface area contributed by atoms with Gasteiger partial charge in [0.25, 0.3) is 5.91 Å². The Labute approximate surface area is 107 Å². The second-order valence-electron chi connectivity index (χ2n) is 5.60. The van der Waals surface area contributed by atoms with Crippen LogP contribution in [0, 0.1) is 11.8 Å². The fourth-order valence-electron chi connectivity index (χ4n) is 2.82. The Morgan fingerprint density at radius 1 is 1.44 bits per heavy atom. The molecule has 3 rings (SSSR count). The van der Waals surface area contributed by atoms with Gasteiger partial charge in [-0.1, -0.05) is 19.1 Å². The lowest BCUT2D eigenvalue weighted by molar-refractivity contribution is 0.0955. The minimum Gasteiger partial charge on any atom is -0.388 e. The first kappa shape index (κ1) is 11.7. The zero-order valence-corrected chi connectivity index (χ0v) is 10.6. The van der Waals surface area contributed by atoms with Crippen molar-refractivity contribution in [2.75, 3.05) is 6.54 Å². The van der Waals surface area contributed by atoms with Crippen molar-refractivity contribution in [2.24, 2.45) is 11.8 Å². The van der Waals surface area contributed by atoms with Gasteiger partial charge in [0.2, 0.25) is 0 Å². The van der Waals surface area contributed by atoms with Crippen molar-refractivity contribution >= 4 is 5.91 Å². The van der Waals surface area contributed by atoms with Crippen LogP contribution >= 0.6 is 0 Å². The number of aryl methyl sites for hydroxylation is 1. The van der Waals surface area contributed by atoms with Gasteiger partial charge < -0.3 is 10.4 Å². The lowest BCUT2D eigenvalue weighted by Crippen LogP contribution is -2.22. The van der Waals surface area contributed by atoms with Crippen LogP contribution in [-0.2, 0) is 6.42 Å². The highest BCUT2D eigenvalue weighted by Crippen LogP contribution is 2.47. The highest BCUT2D eigenvalue weighted by atomic mass is 16.3. The maximum absolute atomic E-state index is 11.9. The molecule has 3 atom stereocenters. The standard InChI is InChI=1S/C15H19NO2/c1-9-7-12(9)14(17)11-5-4-10-3-2-6-16-15(18)13(10)8-11/h4-5,8-9,12,14,17H,2-3,6-7H2,1H3,(H,16,18). The van der Waals surface area contributed by atoms with Crippen LogP contribution in [0.5, 0.6) is 0 Å². The second kappa shape index (κ2) is 4.39. The molecule has 0 aromatic heterocycles. The molecule has 96 valence electrons. The monoisotopic (exact) mass is 245 g/mol. The first-order chi connectivity index (χ1) is 8.66. The number of fused-ring (bicyclic) bond motifs is 1. The summed E-state index contributed by atoms with van der Waals surface area (Å²) in [7, 11) is 0. The lowest BCUT2D eigenvalue weighted by Gasteiger charge is -2.13. The molecular formula is C15H19NO2. The molecule has 0 spiro atoms. The number of carbonyl (C=O) groups is 1. The number of hydrogen-bond acceptors (Lipinski definition) is 2. The van der Waals surface area contributed by atoms with Crippen molar-refractivity contribution in [1.82, 2.24) is 5.32 Å². The molecule has 0 bridgehead atoms. The average molecular weight is 245 g/mol. The number of rotatable bonds is 2. The third-order valence-electron chi connectivity index (χ3n) is 4.21. The largest absolute Gasteiger partial charge is 0.388 e. The van der Waals surface area contributed by atoms with Gasteiger partial charge in [0.05, 0.1) is 6.10 Å². The zero-order valence-electron chi connectivity index (χ0n) is 10.6. The number of aliphatic hydroxyl groups is 1. The first-order valence-corrected chi connectivity index (χ1v) is 6.76. The molecule has 2 N–H and O–H groups in total. The van der Waals surface area contributed by atoms with Gasteiger partial charge in [-0.3, -0.25) is 4.79 Å². The number of amides is 1. The predicted molar refractivity (Wildman–Crippen MR) is 69.3 cm³/mol. The van der Waals surface area contributed by atoms with E-state index in [-0.39, 0.29) is 5.91 Å². The van der Waals surface area contributed by atoms with Crippen LogP contribution in [-0.4, -0.2) is 17.6 Å². The van der Waals surface area contributed by atoms with E-state index in [4.69, 9.17) is 0 Å². The Morgan fingerprint density at radius 3 is 2.94 bits per heavy atom. The average Bonchev–Trinajstić information content (AvgIpc) is 3.12. The second-order valence-corrected chi connectivity index (χ2v) is 5.60. The van der Waals surface area contributed by atoms with E-state index < -0.39 is 6.10 Å². The van der Waals surface area contributed by atoms with E-state index in [2.05, 4.69) is 12.2 Å². The molecule has 1 fully saturated rings. The van der Waals surface area contributed by atoms with Crippen LogP contribution in [0.3, 0.4) is 0 Å². The van der Waals surface area contributed by atoms with Crippen molar-refractivity contribution in [1.29, 1.82) is 0 Å². The Morgan fingerprint density at radius 2 is 2.22 bits per heavy atom. The van der Waals surface area contributed by atoms with Crippen LogP contribution < -0.4 is 5.32 Å². The predicted octanol–water partition coefficient (Wildman–Crippen LogP) is 2.05. The summed E-state index contributed by atoms with van der Waals surface area (Å²) in [5.41, 5.74) is 2.74. The molecule has 1 aliphatic carbocycles.